The van der Waals surface area contributed by atoms with E-state index in [1.807, 2.05) is 54.6 Å². The maximum atomic E-state index is 13.9. The summed E-state index contributed by atoms with van der Waals surface area (Å²) in [7, 11) is 0. The first-order chi connectivity index (χ1) is 18.5. The summed E-state index contributed by atoms with van der Waals surface area (Å²) >= 11 is 6.54. The number of aryl methyl sites for hydroxylation is 2. The van der Waals surface area contributed by atoms with Crippen LogP contribution in [0.15, 0.2) is 78.9 Å². The molecule has 0 radical (unpaired) electrons. The lowest BCUT2D eigenvalue weighted by Gasteiger charge is -2.33. The number of amides is 2. The summed E-state index contributed by atoms with van der Waals surface area (Å²) in [5.74, 6) is -0.113. The van der Waals surface area contributed by atoms with Crippen molar-refractivity contribution in [1.82, 2.24) is 10.2 Å². The molecule has 4 nitrogen and oxygen atoms in total. The van der Waals surface area contributed by atoms with Gasteiger partial charge < -0.3 is 10.2 Å². The molecule has 1 aliphatic rings. The Kier molecular flexibility index (Phi) is 10.4. The number of hydrogen-bond donors (Lipinski definition) is 1. The van der Waals surface area contributed by atoms with E-state index in [0.717, 1.165) is 48.8 Å². The van der Waals surface area contributed by atoms with E-state index in [2.05, 4.69) is 36.5 Å². The second-order valence-corrected chi connectivity index (χ2v) is 10.7. The molecular formula is C33H39ClN2O2. The third-order valence-electron chi connectivity index (χ3n) is 7.58. The molecule has 2 amide bonds. The van der Waals surface area contributed by atoms with Gasteiger partial charge >= 0.3 is 0 Å². The van der Waals surface area contributed by atoms with Crippen LogP contribution < -0.4 is 5.32 Å². The van der Waals surface area contributed by atoms with Gasteiger partial charge in [0.1, 0.15) is 6.04 Å². The molecule has 0 unspecified atom stereocenters. The predicted molar refractivity (Wildman–Crippen MR) is 155 cm³/mol. The zero-order chi connectivity index (χ0) is 26.7. The molecule has 1 N–H and O–H groups in total. The molecule has 1 fully saturated rings. The molecule has 4 rings (SSSR count). The van der Waals surface area contributed by atoms with Crippen LogP contribution in [-0.2, 0) is 35.4 Å². The number of nitrogens with zero attached hydrogens (tertiary/aromatic N) is 1. The standard InChI is InChI=1S/C33H39ClN2O2/c1-2-25-17-19-26(20-18-25)21-22-32(37)36(24-28-13-9-10-16-30(28)34)31(23-27-11-5-3-6-12-27)33(38)35-29-14-7-4-8-15-29/h3,5-6,9-13,16-20,29,31H,2,4,7-8,14-15,21-24H2,1H3,(H,35,38)/t31-/m1/s1. The zero-order valence-electron chi connectivity index (χ0n) is 22.4. The quantitative estimate of drug-likeness (QED) is 0.292. The molecular weight excluding hydrogens is 492 g/mol. The fraction of sp³-hybridized carbons (Fsp3) is 0.394. The van der Waals surface area contributed by atoms with E-state index in [1.165, 1.54) is 12.0 Å². The van der Waals surface area contributed by atoms with E-state index < -0.39 is 6.04 Å². The average molecular weight is 531 g/mol. The van der Waals surface area contributed by atoms with Crippen molar-refractivity contribution in [2.24, 2.45) is 0 Å². The van der Waals surface area contributed by atoms with Crippen LogP contribution in [0.2, 0.25) is 5.02 Å². The summed E-state index contributed by atoms with van der Waals surface area (Å²) in [6, 6.07) is 25.5. The highest BCUT2D eigenvalue weighted by molar-refractivity contribution is 6.31. The largest absolute Gasteiger partial charge is 0.352 e. The molecule has 0 aromatic heterocycles. The van der Waals surface area contributed by atoms with E-state index in [1.54, 1.807) is 4.90 Å². The maximum Gasteiger partial charge on any atom is 0.243 e. The van der Waals surface area contributed by atoms with Crippen LogP contribution in [0.25, 0.3) is 0 Å². The molecule has 200 valence electrons. The van der Waals surface area contributed by atoms with Gasteiger partial charge in [-0.05, 0) is 54.0 Å². The van der Waals surface area contributed by atoms with Crippen LogP contribution in [0.4, 0.5) is 0 Å². The second-order valence-electron chi connectivity index (χ2n) is 10.3. The topological polar surface area (TPSA) is 49.4 Å². The van der Waals surface area contributed by atoms with Crippen LogP contribution in [0, 0.1) is 0 Å². The predicted octanol–water partition coefficient (Wildman–Crippen LogP) is 6.92. The van der Waals surface area contributed by atoms with E-state index in [0.29, 0.717) is 30.8 Å². The summed E-state index contributed by atoms with van der Waals surface area (Å²) in [6.07, 6.45) is 7.88. The molecule has 38 heavy (non-hydrogen) atoms. The van der Waals surface area contributed by atoms with Gasteiger partial charge in [0.25, 0.3) is 0 Å². The van der Waals surface area contributed by atoms with Gasteiger partial charge in [-0.15, -0.1) is 0 Å². The van der Waals surface area contributed by atoms with Crippen molar-refractivity contribution in [3.63, 3.8) is 0 Å². The van der Waals surface area contributed by atoms with Crippen LogP contribution in [0.5, 0.6) is 0 Å². The van der Waals surface area contributed by atoms with Gasteiger partial charge in [-0.2, -0.15) is 0 Å². The molecule has 0 aliphatic heterocycles. The van der Waals surface area contributed by atoms with Crippen molar-refractivity contribution in [1.29, 1.82) is 0 Å². The highest BCUT2D eigenvalue weighted by atomic mass is 35.5. The minimum Gasteiger partial charge on any atom is -0.352 e. The van der Waals surface area contributed by atoms with Gasteiger partial charge in [-0.3, -0.25) is 9.59 Å². The van der Waals surface area contributed by atoms with E-state index in [9.17, 15) is 9.59 Å². The first kappa shape index (κ1) is 27.9. The molecule has 3 aromatic rings. The van der Waals surface area contributed by atoms with Gasteiger partial charge in [0.2, 0.25) is 11.8 Å². The molecule has 1 saturated carbocycles. The SMILES string of the molecule is CCc1ccc(CCC(=O)N(Cc2ccccc2Cl)[C@H](Cc2ccccc2)C(=O)NC2CCCCC2)cc1. The van der Waals surface area contributed by atoms with E-state index in [4.69, 9.17) is 11.6 Å². The molecule has 5 heteroatoms. The molecule has 1 atom stereocenters. The Bertz CT molecular complexity index is 1170. The number of carbonyl (C=O) groups excluding carboxylic acids is 2. The van der Waals surface area contributed by atoms with Gasteiger partial charge in [-0.25, -0.2) is 0 Å². The Balaban J connectivity index is 1.60. The van der Waals surface area contributed by atoms with Crippen molar-refractivity contribution < 1.29 is 9.59 Å². The Hall–Kier alpha value is -3.11. The van der Waals surface area contributed by atoms with Gasteiger partial charge in [-0.1, -0.05) is 111 Å². The third kappa shape index (κ3) is 7.94. The highest BCUT2D eigenvalue weighted by Crippen LogP contribution is 2.23. The molecule has 0 spiro atoms. The minimum atomic E-state index is -0.620. The fourth-order valence-electron chi connectivity index (χ4n) is 5.24. The van der Waals surface area contributed by atoms with Crippen LogP contribution in [-0.4, -0.2) is 28.8 Å². The first-order valence-corrected chi connectivity index (χ1v) is 14.4. The van der Waals surface area contributed by atoms with Gasteiger partial charge in [0.15, 0.2) is 0 Å². The lowest BCUT2D eigenvalue weighted by molar-refractivity contribution is -0.141. The number of carbonyl (C=O) groups is 2. The Labute approximate surface area is 232 Å². The van der Waals surface area contributed by atoms with Crippen molar-refractivity contribution in [3.05, 3.63) is 106 Å². The van der Waals surface area contributed by atoms with Crippen molar-refractivity contribution >= 4 is 23.4 Å². The fourth-order valence-corrected chi connectivity index (χ4v) is 5.44. The lowest BCUT2D eigenvalue weighted by Crippen LogP contribution is -2.53. The second kappa shape index (κ2) is 14.2. The summed E-state index contributed by atoms with van der Waals surface area (Å²) in [6.45, 7) is 2.43. The normalized spacial score (nSPS) is 14.6. The summed E-state index contributed by atoms with van der Waals surface area (Å²) < 4.78 is 0. The molecule has 3 aromatic carbocycles. The van der Waals surface area contributed by atoms with Crippen LogP contribution >= 0.6 is 11.6 Å². The molecule has 0 bridgehead atoms. The van der Waals surface area contributed by atoms with Crippen LogP contribution in [0.1, 0.15) is 67.7 Å². The number of rotatable bonds is 11. The van der Waals surface area contributed by atoms with E-state index >= 15 is 0 Å². The Morgan fingerprint density at radius 1 is 0.868 bits per heavy atom. The van der Waals surface area contributed by atoms with Gasteiger partial charge in [0.05, 0.1) is 0 Å². The highest BCUT2D eigenvalue weighted by Gasteiger charge is 2.32. The summed E-state index contributed by atoms with van der Waals surface area (Å²) in [5, 5.41) is 3.90. The summed E-state index contributed by atoms with van der Waals surface area (Å²) in [4.78, 5) is 29.5. The van der Waals surface area contributed by atoms with E-state index in [-0.39, 0.29) is 17.9 Å². The van der Waals surface area contributed by atoms with Crippen LogP contribution in [0.3, 0.4) is 0 Å². The third-order valence-corrected chi connectivity index (χ3v) is 7.95. The average Bonchev–Trinajstić information content (AvgIpc) is 2.96. The first-order valence-electron chi connectivity index (χ1n) is 14.0. The summed E-state index contributed by atoms with van der Waals surface area (Å²) in [5.41, 5.74) is 4.28. The smallest absolute Gasteiger partial charge is 0.243 e. The molecule has 1 aliphatic carbocycles. The Morgan fingerprint density at radius 3 is 2.21 bits per heavy atom. The number of halogens is 1. The lowest BCUT2D eigenvalue weighted by atomic mass is 9.94. The van der Waals surface area contributed by atoms with Crippen molar-refractivity contribution in [2.75, 3.05) is 0 Å². The maximum absolute atomic E-state index is 13.9. The Morgan fingerprint density at radius 2 is 1.53 bits per heavy atom. The number of hydrogen-bond acceptors (Lipinski definition) is 2. The van der Waals surface area contributed by atoms with Gasteiger partial charge in [0, 0.05) is 30.5 Å². The molecule has 0 heterocycles. The van der Waals surface area contributed by atoms with Crippen molar-refractivity contribution in [2.45, 2.75) is 83.3 Å². The molecule has 0 saturated heterocycles. The zero-order valence-corrected chi connectivity index (χ0v) is 23.1. The van der Waals surface area contributed by atoms with Crippen molar-refractivity contribution in [3.8, 4) is 0 Å². The monoisotopic (exact) mass is 530 g/mol. The number of nitrogens with one attached hydrogen (secondary N) is 1. The minimum absolute atomic E-state index is 0.0378. The number of benzene rings is 3.